The quantitative estimate of drug-likeness (QED) is 0.713. The largest absolute Gasteiger partial charge is 0.301 e. The molecule has 0 N–H and O–H groups in total. The number of thiophene rings is 1. The van der Waals surface area contributed by atoms with Crippen LogP contribution in [0.2, 0.25) is 0 Å². The summed E-state index contributed by atoms with van der Waals surface area (Å²) in [5, 5.41) is 4.11. The van der Waals surface area contributed by atoms with Crippen LogP contribution in [0.3, 0.4) is 0 Å². The van der Waals surface area contributed by atoms with E-state index >= 15 is 0 Å². The number of carbonyl (C=O) groups excluding carboxylic acids is 1. The summed E-state index contributed by atoms with van der Waals surface area (Å²) in [6, 6.07) is 2.06. The second kappa shape index (κ2) is 4.71. The van der Waals surface area contributed by atoms with Gasteiger partial charge < -0.3 is 4.79 Å². The lowest BCUT2D eigenvalue weighted by atomic mass is 10.1. The maximum absolute atomic E-state index is 11.1. The number of aldehydes is 1. The predicted octanol–water partition coefficient (Wildman–Crippen LogP) is 2.47. The van der Waals surface area contributed by atoms with Gasteiger partial charge in [-0.25, -0.2) is 0 Å². The lowest BCUT2D eigenvalue weighted by molar-refractivity contribution is -0.113. The molecule has 2 rings (SSSR count). The van der Waals surface area contributed by atoms with Crippen molar-refractivity contribution in [1.29, 1.82) is 0 Å². The minimum absolute atomic E-state index is 0.00144. The van der Waals surface area contributed by atoms with Crippen molar-refractivity contribution in [1.82, 2.24) is 4.90 Å². The van der Waals surface area contributed by atoms with Crippen LogP contribution in [-0.4, -0.2) is 24.3 Å². The Morgan fingerprint density at radius 1 is 1.36 bits per heavy atom. The second-order valence-corrected chi connectivity index (χ2v) is 4.51. The lowest BCUT2D eigenvalue weighted by Gasteiger charge is -2.30. The van der Waals surface area contributed by atoms with Crippen molar-refractivity contribution in [2.24, 2.45) is 0 Å². The number of hydrogen-bond acceptors (Lipinski definition) is 3. The van der Waals surface area contributed by atoms with E-state index in [2.05, 4.69) is 16.3 Å². The monoisotopic (exact) mass is 209 g/mol. The van der Waals surface area contributed by atoms with E-state index in [1.807, 2.05) is 5.38 Å². The van der Waals surface area contributed by atoms with Crippen molar-refractivity contribution in [2.75, 3.05) is 13.1 Å². The summed E-state index contributed by atoms with van der Waals surface area (Å²) >= 11 is 1.66. The van der Waals surface area contributed by atoms with E-state index in [9.17, 15) is 4.79 Å². The molecule has 1 aliphatic rings. The van der Waals surface area contributed by atoms with Crippen molar-refractivity contribution in [3.63, 3.8) is 0 Å². The number of hydrogen-bond donors (Lipinski definition) is 0. The molecule has 1 unspecified atom stereocenters. The summed E-state index contributed by atoms with van der Waals surface area (Å²) in [5.74, 6) is 0. The maximum atomic E-state index is 11.1. The van der Waals surface area contributed by atoms with Crippen molar-refractivity contribution in [3.05, 3.63) is 22.4 Å². The highest BCUT2D eigenvalue weighted by Gasteiger charge is 2.21. The van der Waals surface area contributed by atoms with Crippen LogP contribution in [0.5, 0.6) is 0 Å². The molecule has 2 heterocycles. The lowest BCUT2D eigenvalue weighted by Crippen LogP contribution is -2.34. The van der Waals surface area contributed by atoms with E-state index < -0.39 is 0 Å². The third-order valence-electron chi connectivity index (χ3n) is 2.80. The molecule has 0 aliphatic carbocycles. The van der Waals surface area contributed by atoms with Gasteiger partial charge in [0.15, 0.2) is 0 Å². The van der Waals surface area contributed by atoms with Gasteiger partial charge in [-0.05, 0) is 48.3 Å². The van der Waals surface area contributed by atoms with E-state index in [0.29, 0.717) is 0 Å². The van der Waals surface area contributed by atoms with Crippen molar-refractivity contribution < 1.29 is 4.79 Å². The zero-order chi connectivity index (χ0) is 9.80. The molecule has 1 saturated heterocycles. The number of carbonyl (C=O) groups is 1. The predicted molar refractivity (Wildman–Crippen MR) is 58.5 cm³/mol. The summed E-state index contributed by atoms with van der Waals surface area (Å²) in [4.78, 5) is 13.4. The fourth-order valence-electron chi connectivity index (χ4n) is 2.02. The molecule has 14 heavy (non-hydrogen) atoms. The zero-order valence-electron chi connectivity index (χ0n) is 8.19. The molecule has 1 aliphatic heterocycles. The Balaban J connectivity index is 2.08. The Bertz CT molecular complexity index is 277. The molecule has 1 aromatic heterocycles. The van der Waals surface area contributed by atoms with Gasteiger partial charge in [-0.3, -0.25) is 4.90 Å². The van der Waals surface area contributed by atoms with Gasteiger partial charge in [0, 0.05) is 0 Å². The summed E-state index contributed by atoms with van der Waals surface area (Å²) in [7, 11) is 0. The number of rotatable bonds is 3. The van der Waals surface area contributed by atoms with Crippen molar-refractivity contribution >= 4 is 17.6 Å². The summed E-state index contributed by atoms with van der Waals surface area (Å²) in [6.45, 7) is 2.14. The minimum Gasteiger partial charge on any atom is -0.301 e. The topological polar surface area (TPSA) is 20.3 Å². The van der Waals surface area contributed by atoms with Gasteiger partial charge in [0.25, 0.3) is 0 Å². The van der Waals surface area contributed by atoms with Crippen LogP contribution in [0.15, 0.2) is 16.8 Å². The van der Waals surface area contributed by atoms with E-state index in [4.69, 9.17) is 0 Å². The molecule has 1 aromatic rings. The molecule has 0 amide bonds. The Labute approximate surface area is 88.5 Å². The first-order valence-corrected chi connectivity index (χ1v) is 6.07. The van der Waals surface area contributed by atoms with E-state index in [1.54, 1.807) is 11.3 Å². The Hall–Kier alpha value is -0.670. The van der Waals surface area contributed by atoms with Gasteiger partial charge in [0.2, 0.25) is 0 Å². The van der Waals surface area contributed by atoms with Gasteiger partial charge in [0.05, 0.1) is 6.04 Å². The normalized spacial score (nSPS) is 20.6. The Kier molecular flexibility index (Phi) is 3.32. The Morgan fingerprint density at radius 2 is 2.14 bits per heavy atom. The first-order valence-electron chi connectivity index (χ1n) is 5.13. The molecular weight excluding hydrogens is 194 g/mol. The van der Waals surface area contributed by atoms with Crippen LogP contribution in [0.1, 0.15) is 30.9 Å². The Morgan fingerprint density at radius 3 is 2.71 bits per heavy atom. The van der Waals surface area contributed by atoms with Gasteiger partial charge in [-0.15, -0.1) is 0 Å². The zero-order valence-corrected chi connectivity index (χ0v) is 9.00. The van der Waals surface area contributed by atoms with Crippen molar-refractivity contribution in [3.8, 4) is 0 Å². The number of piperidine rings is 1. The van der Waals surface area contributed by atoms with Crippen LogP contribution < -0.4 is 0 Å². The van der Waals surface area contributed by atoms with Crippen LogP contribution in [0, 0.1) is 0 Å². The highest BCUT2D eigenvalue weighted by atomic mass is 32.1. The maximum Gasteiger partial charge on any atom is 0.141 e. The fraction of sp³-hybridized carbons (Fsp3) is 0.545. The molecule has 0 bridgehead atoms. The molecule has 2 nitrogen and oxygen atoms in total. The number of likely N-dealkylation sites (tertiary alicyclic amines) is 1. The summed E-state index contributed by atoms with van der Waals surface area (Å²) in [5.41, 5.74) is 1.16. The molecule has 0 aromatic carbocycles. The first-order chi connectivity index (χ1) is 6.92. The molecule has 1 fully saturated rings. The second-order valence-electron chi connectivity index (χ2n) is 3.73. The third kappa shape index (κ3) is 2.04. The highest BCUT2D eigenvalue weighted by Crippen LogP contribution is 2.24. The molecule has 0 radical (unpaired) electrons. The highest BCUT2D eigenvalue weighted by molar-refractivity contribution is 7.08. The SMILES string of the molecule is O=CC(c1ccsc1)N1CCCCC1. The average molecular weight is 209 g/mol. The van der Waals surface area contributed by atoms with E-state index in [0.717, 1.165) is 24.9 Å². The third-order valence-corrected chi connectivity index (χ3v) is 3.50. The van der Waals surface area contributed by atoms with Crippen LogP contribution in [-0.2, 0) is 4.79 Å². The molecule has 0 saturated carbocycles. The van der Waals surface area contributed by atoms with Crippen LogP contribution in [0.25, 0.3) is 0 Å². The smallest absolute Gasteiger partial charge is 0.141 e. The van der Waals surface area contributed by atoms with Crippen LogP contribution >= 0.6 is 11.3 Å². The first kappa shape index (κ1) is 9.87. The van der Waals surface area contributed by atoms with Gasteiger partial charge in [-0.1, -0.05) is 6.42 Å². The minimum atomic E-state index is 0.00144. The molecule has 76 valence electrons. The molecule has 3 heteroatoms. The van der Waals surface area contributed by atoms with Gasteiger partial charge in [-0.2, -0.15) is 11.3 Å². The standard InChI is InChI=1S/C11H15NOS/c13-8-11(10-4-7-14-9-10)12-5-2-1-3-6-12/h4,7-9,11H,1-3,5-6H2. The number of nitrogens with zero attached hydrogens (tertiary/aromatic N) is 1. The molecule has 0 spiro atoms. The van der Waals surface area contributed by atoms with E-state index in [1.165, 1.54) is 19.3 Å². The van der Waals surface area contributed by atoms with Crippen molar-refractivity contribution in [2.45, 2.75) is 25.3 Å². The summed E-state index contributed by atoms with van der Waals surface area (Å²) in [6.07, 6.45) is 4.85. The van der Waals surface area contributed by atoms with Crippen LogP contribution in [0.4, 0.5) is 0 Å². The van der Waals surface area contributed by atoms with E-state index in [-0.39, 0.29) is 6.04 Å². The molecular formula is C11H15NOS. The fourth-order valence-corrected chi connectivity index (χ4v) is 2.70. The van der Waals surface area contributed by atoms with Gasteiger partial charge >= 0.3 is 0 Å². The summed E-state index contributed by atoms with van der Waals surface area (Å²) < 4.78 is 0. The average Bonchev–Trinajstić information content (AvgIpc) is 2.74. The van der Waals surface area contributed by atoms with Gasteiger partial charge in [0.1, 0.15) is 6.29 Å². The molecule has 1 atom stereocenters.